The fourth-order valence-corrected chi connectivity index (χ4v) is 2.24. The molecule has 0 aliphatic heterocycles. The van der Waals surface area contributed by atoms with Gasteiger partial charge in [0, 0.05) is 24.1 Å². The van der Waals surface area contributed by atoms with E-state index in [1.165, 1.54) is 0 Å². The Hall–Kier alpha value is -3.03. The van der Waals surface area contributed by atoms with Crippen LogP contribution in [0.4, 0.5) is 5.69 Å². The third-order valence-corrected chi connectivity index (χ3v) is 3.39. The van der Waals surface area contributed by atoms with Crippen molar-refractivity contribution in [1.82, 2.24) is 25.3 Å². The van der Waals surface area contributed by atoms with Crippen molar-refractivity contribution in [2.45, 2.75) is 33.1 Å². The predicted octanol–water partition coefficient (Wildman–Crippen LogP) is 2.43. The highest BCUT2D eigenvalue weighted by atomic mass is 16.5. The molecule has 3 rings (SSSR count). The van der Waals surface area contributed by atoms with Crippen molar-refractivity contribution in [2.24, 2.45) is 0 Å². The molecule has 0 saturated carbocycles. The first-order chi connectivity index (χ1) is 11.6. The van der Waals surface area contributed by atoms with E-state index in [4.69, 9.17) is 4.52 Å². The highest BCUT2D eigenvalue weighted by Gasteiger charge is 2.07. The van der Waals surface area contributed by atoms with E-state index in [2.05, 4.69) is 30.6 Å². The van der Waals surface area contributed by atoms with Gasteiger partial charge in [0.25, 0.3) is 0 Å². The molecule has 2 heterocycles. The molecule has 1 amide bonds. The molecule has 0 saturated heterocycles. The first-order valence-corrected chi connectivity index (χ1v) is 7.68. The van der Waals surface area contributed by atoms with Crippen LogP contribution in [0, 0.1) is 13.8 Å². The molecule has 0 fully saturated rings. The molecule has 0 aliphatic carbocycles. The average Bonchev–Trinajstić information content (AvgIpc) is 3.17. The molecule has 2 aromatic heterocycles. The Balaban J connectivity index is 1.49. The molecular weight excluding hydrogens is 308 g/mol. The maximum atomic E-state index is 12.0. The largest absolute Gasteiger partial charge is 0.339 e. The minimum Gasteiger partial charge on any atom is -0.339 e. The normalized spacial score (nSPS) is 10.8. The van der Waals surface area contributed by atoms with Gasteiger partial charge in [-0.2, -0.15) is 10.1 Å². The summed E-state index contributed by atoms with van der Waals surface area (Å²) < 4.78 is 5.01. The summed E-state index contributed by atoms with van der Waals surface area (Å²) in [7, 11) is 0. The van der Waals surface area contributed by atoms with Crippen LogP contribution in [-0.2, 0) is 11.2 Å². The summed E-state index contributed by atoms with van der Waals surface area (Å²) in [5.74, 6) is 2.52. The van der Waals surface area contributed by atoms with Gasteiger partial charge in [-0.3, -0.25) is 9.89 Å². The Bertz CT molecular complexity index is 821. The lowest BCUT2D eigenvalue weighted by Gasteiger charge is -2.05. The number of nitrogens with zero attached hydrogens (tertiary/aromatic N) is 4. The van der Waals surface area contributed by atoms with Crippen molar-refractivity contribution in [1.29, 1.82) is 0 Å². The van der Waals surface area contributed by atoms with Crippen LogP contribution in [0.3, 0.4) is 0 Å². The maximum absolute atomic E-state index is 12.0. The molecule has 8 nitrogen and oxygen atoms in total. The van der Waals surface area contributed by atoms with E-state index < -0.39 is 0 Å². The molecule has 3 aromatic rings. The lowest BCUT2D eigenvalue weighted by Crippen LogP contribution is -2.11. The van der Waals surface area contributed by atoms with Crippen molar-refractivity contribution in [2.75, 3.05) is 5.32 Å². The van der Waals surface area contributed by atoms with Gasteiger partial charge in [0.1, 0.15) is 5.82 Å². The zero-order valence-electron chi connectivity index (χ0n) is 13.5. The van der Waals surface area contributed by atoms with Gasteiger partial charge in [-0.05, 0) is 44.5 Å². The van der Waals surface area contributed by atoms with Crippen LogP contribution < -0.4 is 5.32 Å². The number of amides is 1. The van der Waals surface area contributed by atoms with E-state index in [-0.39, 0.29) is 5.91 Å². The number of hydrogen-bond acceptors (Lipinski definition) is 6. The summed E-state index contributed by atoms with van der Waals surface area (Å²) in [6.45, 7) is 3.61. The molecule has 0 unspecified atom stereocenters. The molecule has 24 heavy (non-hydrogen) atoms. The van der Waals surface area contributed by atoms with E-state index in [9.17, 15) is 4.79 Å². The number of rotatable bonds is 6. The smallest absolute Gasteiger partial charge is 0.226 e. The first-order valence-electron chi connectivity index (χ1n) is 7.68. The number of anilines is 1. The van der Waals surface area contributed by atoms with Crippen molar-refractivity contribution in [3.05, 3.63) is 41.8 Å². The molecule has 0 atom stereocenters. The standard InChI is InChI=1S/C16H18N6O2/c1-10-18-16(21-20-10)12-6-8-13(9-7-12)19-14(23)4-3-5-15-17-11(2)22-24-15/h6-9H,3-5H2,1-2H3,(H,19,23)(H,18,20,21). The van der Waals surface area contributed by atoms with Crippen molar-refractivity contribution in [3.8, 4) is 11.4 Å². The topological polar surface area (TPSA) is 110 Å². The quantitative estimate of drug-likeness (QED) is 0.720. The summed E-state index contributed by atoms with van der Waals surface area (Å²) in [6, 6.07) is 7.42. The Morgan fingerprint density at radius 3 is 2.62 bits per heavy atom. The zero-order valence-corrected chi connectivity index (χ0v) is 13.5. The van der Waals surface area contributed by atoms with Crippen LogP contribution in [0.1, 0.15) is 30.4 Å². The summed E-state index contributed by atoms with van der Waals surface area (Å²) in [5, 5.41) is 13.5. The lowest BCUT2D eigenvalue weighted by molar-refractivity contribution is -0.116. The van der Waals surface area contributed by atoms with Gasteiger partial charge in [0.05, 0.1) is 0 Å². The third kappa shape index (κ3) is 4.03. The van der Waals surface area contributed by atoms with E-state index in [1.54, 1.807) is 6.92 Å². The van der Waals surface area contributed by atoms with Gasteiger partial charge >= 0.3 is 0 Å². The molecule has 0 spiro atoms. The molecule has 124 valence electrons. The van der Waals surface area contributed by atoms with E-state index in [0.717, 1.165) is 17.1 Å². The highest BCUT2D eigenvalue weighted by Crippen LogP contribution is 2.18. The third-order valence-electron chi connectivity index (χ3n) is 3.39. The van der Waals surface area contributed by atoms with Gasteiger partial charge in [0.15, 0.2) is 11.6 Å². The van der Waals surface area contributed by atoms with Gasteiger partial charge in [0.2, 0.25) is 11.8 Å². The van der Waals surface area contributed by atoms with Crippen LogP contribution in [-0.4, -0.2) is 31.2 Å². The second-order valence-corrected chi connectivity index (χ2v) is 5.46. The van der Waals surface area contributed by atoms with Crippen LogP contribution in [0.15, 0.2) is 28.8 Å². The van der Waals surface area contributed by atoms with Crippen LogP contribution >= 0.6 is 0 Å². The number of carbonyl (C=O) groups is 1. The molecule has 2 N–H and O–H groups in total. The monoisotopic (exact) mass is 326 g/mol. The fraction of sp³-hybridized carbons (Fsp3) is 0.312. The number of benzene rings is 1. The van der Waals surface area contributed by atoms with Crippen molar-refractivity contribution in [3.63, 3.8) is 0 Å². The second-order valence-electron chi connectivity index (χ2n) is 5.46. The second kappa shape index (κ2) is 7.03. The minimum atomic E-state index is -0.0484. The number of hydrogen-bond donors (Lipinski definition) is 2. The Morgan fingerprint density at radius 2 is 2.00 bits per heavy atom. The number of aromatic nitrogens is 5. The maximum Gasteiger partial charge on any atom is 0.226 e. The molecule has 0 radical (unpaired) electrons. The molecule has 0 aliphatic rings. The molecular formula is C16H18N6O2. The highest BCUT2D eigenvalue weighted by molar-refractivity contribution is 5.90. The number of H-pyrrole nitrogens is 1. The van der Waals surface area contributed by atoms with Crippen molar-refractivity contribution < 1.29 is 9.32 Å². The molecule has 0 bridgehead atoms. The summed E-state index contributed by atoms with van der Waals surface area (Å²) in [4.78, 5) is 20.3. The van der Waals surface area contributed by atoms with Gasteiger partial charge in [-0.1, -0.05) is 5.16 Å². The van der Waals surface area contributed by atoms with E-state index in [1.807, 2.05) is 31.2 Å². The first kappa shape index (κ1) is 15.9. The van der Waals surface area contributed by atoms with Gasteiger partial charge in [-0.15, -0.1) is 0 Å². The van der Waals surface area contributed by atoms with Crippen LogP contribution in [0.25, 0.3) is 11.4 Å². The number of carbonyl (C=O) groups excluding carboxylic acids is 1. The van der Waals surface area contributed by atoms with Gasteiger partial charge < -0.3 is 9.84 Å². The molecule has 8 heteroatoms. The Kier molecular flexibility index (Phi) is 4.64. The van der Waals surface area contributed by atoms with E-state index >= 15 is 0 Å². The molecule has 1 aromatic carbocycles. The summed E-state index contributed by atoms with van der Waals surface area (Å²) in [5.41, 5.74) is 1.63. The predicted molar refractivity (Wildman–Crippen MR) is 87.2 cm³/mol. The van der Waals surface area contributed by atoms with Crippen molar-refractivity contribution >= 4 is 11.6 Å². The SMILES string of the molecule is Cc1noc(CCCC(=O)Nc2ccc(-c3n[nH]c(C)n3)cc2)n1. The fourth-order valence-electron chi connectivity index (χ4n) is 2.24. The number of aryl methyl sites for hydroxylation is 3. The van der Waals surface area contributed by atoms with Gasteiger partial charge in [-0.25, -0.2) is 4.98 Å². The summed E-state index contributed by atoms with van der Waals surface area (Å²) >= 11 is 0. The van der Waals surface area contributed by atoms with Crippen LogP contribution in [0.5, 0.6) is 0 Å². The number of aromatic amines is 1. The lowest BCUT2D eigenvalue weighted by atomic mass is 10.2. The Morgan fingerprint density at radius 1 is 1.21 bits per heavy atom. The number of nitrogens with one attached hydrogen (secondary N) is 2. The average molecular weight is 326 g/mol. The minimum absolute atomic E-state index is 0.0484. The van der Waals surface area contributed by atoms with E-state index in [0.29, 0.717) is 36.8 Å². The zero-order chi connectivity index (χ0) is 16.9. The summed E-state index contributed by atoms with van der Waals surface area (Å²) in [6.07, 6.45) is 1.64. The Labute approximate surface area is 138 Å². The van der Waals surface area contributed by atoms with Crippen LogP contribution in [0.2, 0.25) is 0 Å².